The van der Waals surface area contributed by atoms with Gasteiger partial charge in [-0.25, -0.2) is 0 Å². The van der Waals surface area contributed by atoms with E-state index in [1.54, 1.807) is 18.5 Å². The molecule has 1 heterocycles. The minimum absolute atomic E-state index is 0.0954. The van der Waals surface area contributed by atoms with E-state index in [0.717, 1.165) is 5.35 Å². The second-order valence-electron chi connectivity index (χ2n) is 2.35. The fourth-order valence-electron chi connectivity index (χ4n) is 1.04. The Morgan fingerprint density at radius 3 is 2.73 bits per heavy atom. The van der Waals surface area contributed by atoms with Crippen LogP contribution in [0.25, 0.3) is 12.2 Å². The molecule has 3 heteroatoms. The maximum atomic E-state index is 10.9. The summed E-state index contributed by atoms with van der Waals surface area (Å²) in [5.41, 5.74) is 0. The number of Topliss-reactive ketones (excluding diaryl/α,β-unsaturated/α-hetero) is 1. The van der Waals surface area contributed by atoms with Crippen LogP contribution in [0.5, 0.6) is 0 Å². The smallest absolute Gasteiger partial charge is 0.161 e. The summed E-state index contributed by atoms with van der Waals surface area (Å²) in [7, 11) is 0. The number of carbonyl (C=O) groups excluding carboxylic acids is 1. The van der Waals surface area contributed by atoms with Crippen LogP contribution in [0.15, 0.2) is 12.4 Å². The molecule has 0 spiro atoms. The van der Waals surface area contributed by atoms with Crippen molar-refractivity contribution in [3.63, 3.8) is 0 Å². The predicted octanol–water partition coefficient (Wildman–Crippen LogP) is -0.990. The van der Waals surface area contributed by atoms with Crippen molar-refractivity contribution >= 4 is 17.9 Å². The van der Waals surface area contributed by atoms with Crippen LogP contribution in [0.2, 0.25) is 0 Å². The van der Waals surface area contributed by atoms with E-state index in [4.69, 9.17) is 0 Å². The molecule has 2 rings (SSSR count). The molecular weight excluding hydrogens is 140 g/mol. The molecule has 0 aliphatic heterocycles. The maximum Gasteiger partial charge on any atom is 0.161 e. The predicted molar refractivity (Wildman–Crippen MR) is 39.8 cm³/mol. The Labute approximate surface area is 63.1 Å². The average molecular weight is 146 g/mol. The van der Waals surface area contributed by atoms with Crippen molar-refractivity contribution in [1.82, 2.24) is 9.97 Å². The average Bonchev–Trinajstić information content (AvgIpc) is 2.04. The lowest BCUT2D eigenvalue weighted by Crippen LogP contribution is -2.34. The van der Waals surface area contributed by atoms with Crippen LogP contribution in [0.3, 0.4) is 0 Å². The molecule has 54 valence electrons. The molecule has 0 aromatic carbocycles. The second kappa shape index (κ2) is 2.27. The first-order chi connectivity index (χ1) is 5.36. The second-order valence-corrected chi connectivity index (χ2v) is 2.35. The van der Waals surface area contributed by atoms with E-state index in [0.29, 0.717) is 11.8 Å². The van der Waals surface area contributed by atoms with Crippen LogP contribution in [0.1, 0.15) is 6.42 Å². The van der Waals surface area contributed by atoms with E-state index in [2.05, 4.69) is 9.97 Å². The van der Waals surface area contributed by atoms with Crippen molar-refractivity contribution in [3.05, 3.63) is 23.1 Å². The molecule has 0 bridgehead atoms. The minimum atomic E-state index is 0.0954. The van der Waals surface area contributed by atoms with Gasteiger partial charge in [-0.1, -0.05) is 0 Å². The molecule has 0 atom stereocenters. The van der Waals surface area contributed by atoms with E-state index in [1.807, 2.05) is 0 Å². The Hall–Kier alpha value is -1.51. The van der Waals surface area contributed by atoms with Crippen LogP contribution >= 0.6 is 0 Å². The monoisotopic (exact) mass is 146 g/mol. The summed E-state index contributed by atoms with van der Waals surface area (Å²) in [5.74, 6) is 0.0954. The molecule has 0 unspecified atom stereocenters. The Kier molecular flexibility index (Phi) is 1.28. The largest absolute Gasteiger partial charge is 0.294 e. The van der Waals surface area contributed by atoms with E-state index in [1.165, 1.54) is 6.08 Å². The highest BCUT2D eigenvalue weighted by Gasteiger charge is 2.00. The van der Waals surface area contributed by atoms with Gasteiger partial charge < -0.3 is 0 Å². The number of hydrogen-bond donors (Lipinski definition) is 0. The van der Waals surface area contributed by atoms with E-state index < -0.39 is 0 Å². The van der Waals surface area contributed by atoms with Crippen molar-refractivity contribution in [3.8, 4) is 0 Å². The zero-order valence-corrected chi connectivity index (χ0v) is 5.82. The highest BCUT2D eigenvalue weighted by molar-refractivity contribution is 6.08. The third kappa shape index (κ3) is 1.05. The fourth-order valence-corrected chi connectivity index (χ4v) is 1.04. The lowest BCUT2D eigenvalue weighted by Gasteiger charge is -1.94. The van der Waals surface area contributed by atoms with Gasteiger partial charge in [-0.3, -0.25) is 14.8 Å². The molecule has 1 aromatic rings. The number of rotatable bonds is 0. The van der Waals surface area contributed by atoms with Crippen molar-refractivity contribution in [2.24, 2.45) is 0 Å². The molecule has 0 fully saturated rings. The molecule has 0 N–H and O–H groups in total. The standard InChI is InChI=1S/C8H6N2O/c11-6-1-2-7-8(5-6)10-4-3-9-7/h2-5H,1H2. The van der Waals surface area contributed by atoms with Crippen LogP contribution in [-0.4, -0.2) is 15.8 Å². The molecule has 1 aromatic heterocycles. The molecule has 11 heavy (non-hydrogen) atoms. The summed E-state index contributed by atoms with van der Waals surface area (Å²) in [5, 5.41) is 1.50. The van der Waals surface area contributed by atoms with Crippen molar-refractivity contribution in [1.29, 1.82) is 0 Å². The van der Waals surface area contributed by atoms with E-state index in [-0.39, 0.29) is 5.78 Å². The number of hydrogen-bond acceptors (Lipinski definition) is 3. The highest BCUT2D eigenvalue weighted by Crippen LogP contribution is 1.87. The van der Waals surface area contributed by atoms with Gasteiger partial charge in [0.1, 0.15) is 0 Å². The number of aromatic nitrogens is 2. The quantitative estimate of drug-likeness (QED) is 0.472. The molecular formula is C8H6N2O. The third-order valence-electron chi connectivity index (χ3n) is 1.55. The van der Waals surface area contributed by atoms with Crippen LogP contribution < -0.4 is 10.7 Å². The van der Waals surface area contributed by atoms with Crippen LogP contribution in [0.4, 0.5) is 0 Å². The molecule has 1 aliphatic carbocycles. The Morgan fingerprint density at radius 1 is 1.18 bits per heavy atom. The molecule has 3 nitrogen and oxygen atoms in total. The summed E-state index contributed by atoms with van der Waals surface area (Å²) in [4.78, 5) is 18.9. The molecule has 0 saturated heterocycles. The van der Waals surface area contributed by atoms with E-state index in [9.17, 15) is 4.79 Å². The molecule has 0 amide bonds. The van der Waals surface area contributed by atoms with Crippen molar-refractivity contribution < 1.29 is 4.79 Å². The van der Waals surface area contributed by atoms with Crippen LogP contribution in [0, 0.1) is 0 Å². The maximum absolute atomic E-state index is 10.9. The summed E-state index contributed by atoms with van der Waals surface area (Å²) in [6.07, 6.45) is 6.99. The highest BCUT2D eigenvalue weighted by atomic mass is 16.1. The summed E-state index contributed by atoms with van der Waals surface area (Å²) in [6.45, 7) is 0. The van der Waals surface area contributed by atoms with Gasteiger partial charge in [-0.15, -0.1) is 0 Å². The SMILES string of the molecule is O=C1C=c2nccnc2=CC1. The zero-order valence-electron chi connectivity index (χ0n) is 5.82. The summed E-state index contributed by atoms with van der Waals surface area (Å²) in [6, 6.07) is 0. The van der Waals surface area contributed by atoms with Crippen molar-refractivity contribution in [2.75, 3.05) is 0 Å². The fraction of sp³-hybridized carbons (Fsp3) is 0.125. The van der Waals surface area contributed by atoms with Gasteiger partial charge in [0.15, 0.2) is 5.78 Å². The van der Waals surface area contributed by atoms with Gasteiger partial charge >= 0.3 is 0 Å². The van der Waals surface area contributed by atoms with Gasteiger partial charge in [0.05, 0.1) is 10.7 Å². The first-order valence-corrected chi connectivity index (χ1v) is 3.38. The van der Waals surface area contributed by atoms with Crippen LogP contribution in [-0.2, 0) is 4.79 Å². The van der Waals surface area contributed by atoms with Gasteiger partial charge in [-0.2, -0.15) is 0 Å². The minimum Gasteiger partial charge on any atom is -0.294 e. The Balaban J connectivity index is 2.83. The number of carbonyl (C=O) groups is 1. The number of nitrogens with zero attached hydrogens (tertiary/aromatic N) is 2. The summed E-state index contributed by atoms with van der Waals surface area (Å²) < 4.78 is 0. The lowest BCUT2D eigenvalue weighted by atomic mass is 10.2. The summed E-state index contributed by atoms with van der Waals surface area (Å²) >= 11 is 0. The zero-order chi connectivity index (χ0) is 7.68. The molecule has 0 radical (unpaired) electrons. The number of fused-ring (bicyclic) bond motifs is 1. The molecule has 0 saturated carbocycles. The normalized spacial score (nSPS) is 14.7. The van der Waals surface area contributed by atoms with Crippen molar-refractivity contribution in [2.45, 2.75) is 6.42 Å². The van der Waals surface area contributed by atoms with Gasteiger partial charge in [-0.05, 0) is 6.08 Å². The first kappa shape index (κ1) is 6.22. The Morgan fingerprint density at radius 2 is 1.91 bits per heavy atom. The van der Waals surface area contributed by atoms with Gasteiger partial charge in [0, 0.05) is 24.9 Å². The lowest BCUT2D eigenvalue weighted by molar-refractivity contribution is -0.112. The molecule has 1 aliphatic rings. The third-order valence-corrected chi connectivity index (χ3v) is 1.55. The van der Waals surface area contributed by atoms with Gasteiger partial charge in [0.2, 0.25) is 0 Å². The topological polar surface area (TPSA) is 42.9 Å². The first-order valence-electron chi connectivity index (χ1n) is 3.38. The van der Waals surface area contributed by atoms with E-state index >= 15 is 0 Å². The number of ketones is 1. The van der Waals surface area contributed by atoms with Gasteiger partial charge in [0.25, 0.3) is 0 Å². The Bertz CT molecular complexity index is 408.